The number of carbonyl (C=O) groups is 2. The number of benzene rings is 2. The lowest BCUT2D eigenvalue weighted by Crippen LogP contribution is -2.10. The molecule has 7 heteroatoms. The smallest absolute Gasteiger partial charge is 0.308 e. The normalized spacial score (nSPS) is 10.4. The van der Waals surface area contributed by atoms with Crippen molar-refractivity contribution in [3.8, 4) is 23.0 Å². The minimum absolute atomic E-state index is 0.172. The molecule has 0 aliphatic heterocycles. The Morgan fingerprint density at radius 2 is 1.32 bits per heavy atom. The third-order valence-electron chi connectivity index (χ3n) is 3.16. The van der Waals surface area contributed by atoms with E-state index < -0.39 is 11.9 Å². The van der Waals surface area contributed by atoms with Crippen LogP contribution in [0.5, 0.6) is 23.0 Å². The largest absolute Gasteiger partial charge is 0.487 e. The molecule has 6 nitrogen and oxygen atoms in total. The van der Waals surface area contributed by atoms with Gasteiger partial charge in [-0.25, -0.2) is 0 Å². The highest BCUT2D eigenvalue weighted by Gasteiger charge is 2.26. The van der Waals surface area contributed by atoms with Crippen LogP contribution < -0.4 is 18.9 Å². The molecular formula is C18H19ClO6. The maximum Gasteiger partial charge on any atom is 0.308 e. The number of ether oxygens (including phenoxy) is 4. The standard InChI is InChI=1S/C18H19ClO6/c1-5-22-17-15(24-10(3)20)13-8-7-12(19)9-14(13)16(25-11(4)21)18(17)23-6-2/h7-9H,5-6H2,1-4H3. The first-order chi connectivity index (χ1) is 11.9. The Kier molecular flexibility index (Phi) is 6.09. The molecule has 0 radical (unpaired) electrons. The molecule has 0 spiro atoms. The van der Waals surface area contributed by atoms with Gasteiger partial charge in [0.25, 0.3) is 0 Å². The fourth-order valence-corrected chi connectivity index (χ4v) is 2.57. The van der Waals surface area contributed by atoms with Crippen molar-refractivity contribution in [2.45, 2.75) is 27.7 Å². The van der Waals surface area contributed by atoms with Gasteiger partial charge in [-0.15, -0.1) is 0 Å². The van der Waals surface area contributed by atoms with Crippen LogP contribution in [0.3, 0.4) is 0 Å². The van der Waals surface area contributed by atoms with Crippen molar-refractivity contribution >= 4 is 34.3 Å². The van der Waals surface area contributed by atoms with Crippen LogP contribution in [0.1, 0.15) is 27.7 Å². The molecule has 25 heavy (non-hydrogen) atoms. The second-order valence-corrected chi connectivity index (χ2v) is 5.50. The van der Waals surface area contributed by atoms with Crippen LogP contribution >= 0.6 is 11.6 Å². The molecule has 2 aromatic rings. The van der Waals surface area contributed by atoms with Gasteiger partial charge in [0.2, 0.25) is 11.5 Å². The molecular weight excluding hydrogens is 348 g/mol. The molecule has 0 bridgehead atoms. The molecule has 0 unspecified atom stereocenters. The summed E-state index contributed by atoms with van der Waals surface area (Å²) >= 11 is 6.10. The van der Waals surface area contributed by atoms with Gasteiger partial charge in [-0.05, 0) is 32.0 Å². The molecule has 0 aliphatic rings. The van der Waals surface area contributed by atoms with Crippen molar-refractivity contribution in [2.24, 2.45) is 0 Å². The molecule has 0 fully saturated rings. The quantitative estimate of drug-likeness (QED) is 0.565. The van der Waals surface area contributed by atoms with Crippen LogP contribution in [0, 0.1) is 0 Å². The van der Waals surface area contributed by atoms with Crippen LogP contribution in [0.15, 0.2) is 18.2 Å². The Morgan fingerprint density at radius 1 is 0.840 bits per heavy atom. The zero-order chi connectivity index (χ0) is 18.6. The third-order valence-corrected chi connectivity index (χ3v) is 3.39. The summed E-state index contributed by atoms with van der Waals surface area (Å²) in [6.07, 6.45) is 0. The van der Waals surface area contributed by atoms with Crippen molar-refractivity contribution in [1.29, 1.82) is 0 Å². The van der Waals surface area contributed by atoms with Gasteiger partial charge in [-0.1, -0.05) is 11.6 Å². The summed E-state index contributed by atoms with van der Waals surface area (Å²) in [7, 11) is 0. The van der Waals surface area contributed by atoms with E-state index in [4.69, 9.17) is 30.5 Å². The van der Waals surface area contributed by atoms with Gasteiger partial charge in [-0.2, -0.15) is 0 Å². The third kappa shape index (κ3) is 4.14. The molecule has 134 valence electrons. The van der Waals surface area contributed by atoms with Crippen LogP contribution in [0.25, 0.3) is 10.8 Å². The van der Waals surface area contributed by atoms with Crippen LogP contribution in [0.4, 0.5) is 0 Å². The first-order valence-corrected chi connectivity index (χ1v) is 8.18. The summed E-state index contributed by atoms with van der Waals surface area (Å²) in [4.78, 5) is 23.2. The Labute approximate surface area is 150 Å². The summed E-state index contributed by atoms with van der Waals surface area (Å²) in [6.45, 7) is 6.73. The summed E-state index contributed by atoms with van der Waals surface area (Å²) in [5, 5.41) is 1.43. The first kappa shape index (κ1) is 18.9. The first-order valence-electron chi connectivity index (χ1n) is 7.80. The van der Waals surface area contributed by atoms with Crippen molar-refractivity contribution in [3.05, 3.63) is 23.2 Å². The zero-order valence-electron chi connectivity index (χ0n) is 14.5. The number of halogens is 1. The molecule has 0 amide bonds. The van der Waals surface area contributed by atoms with E-state index in [0.717, 1.165) is 0 Å². The summed E-state index contributed by atoms with van der Waals surface area (Å²) in [5.74, 6) is -0.285. The number of fused-ring (bicyclic) bond motifs is 1. The summed E-state index contributed by atoms with van der Waals surface area (Å²) < 4.78 is 22.1. The molecule has 0 heterocycles. The number of carbonyl (C=O) groups excluding carboxylic acids is 2. The minimum Gasteiger partial charge on any atom is -0.487 e. The average molecular weight is 367 g/mol. The molecule has 0 atom stereocenters. The predicted octanol–water partition coefficient (Wildman–Crippen LogP) is 4.14. The van der Waals surface area contributed by atoms with Crippen molar-refractivity contribution in [2.75, 3.05) is 13.2 Å². The van der Waals surface area contributed by atoms with Crippen LogP contribution in [-0.2, 0) is 9.59 Å². The lowest BCUT2D eigenvalue weighted by Gasteiger charge is -2.20. The molecule has 0 aromatic heterocycles. The fourth-order valence-electron chi connectivity index (χ4n) is 2.39. The van der Waals surface area contributed by atoms with Gasteiger partial charge in [0.15, 0.2) is 11.5 Å². The minimum atomic E-state index is -0.523. The molecule has 0 saturated heterocycles. The van der Waals surface area contributed by atoms with Gasteiger partial charge in [0.05, 0.1) is 13.2 Å². The number of rotatable bonds is 6. The Bertz CT molecular complexity index is 815. The highest BCUT2D eigenvalue weighted by molar-refractivity contribution is 6.31. The van der Waals surface area contributed by atoms with E-state index in [9.17, 15) is 9.59 Å². The highest BCUT2D eigenvalue weighted by atomic mass is 35.5. The molecule has 0 aliphatic carbocycles. The van der Waals surface area contributed by atoms with Crippen LogP contribution in [0.2, 0.25) is 5.02 Å². The lowest BCUT2D eigenvalue weighted by molar-refractivity contribution is -0.133. The summed E-state index contributed by atoms with van der Waals surface area (Å²) in [5.41, 5.74) is 0. The zero-order valence-corrected chi connectivity index (χ0v) is 15.2. The van der Waals surface area contributed by atoms with E-state index in [1.165, 1.54) is 13.8 Å². The maximum atomic E-state index is 11.6. The van der Waals surface area contributed by atoms with Gasteiger partial charge < -0.3 is 18.9 Å². The summed E-state index contributed by atoms with van der Waals surface area (Å²) in [6, 6.07) is 4.92. The van der Waals surface area contributed by atoms with Crippen molar-refractivity contribution < 1.29 is 28.5 Å². The van der Waals surface area contributed by atoms with E-state index in [0.29, 0.717) is 29.0 Å². The lowest BCUT2D eigenvalue weighted by atomic mass is 10.1. The Hall–Kier alpha value is -2.47. The number of hydrogen-bond donors (Lipinski definition) is 0. The van der Waals surface area contributed by atoms with Gasteiger partial charge >= 0.3 is 11.9 Å². The second kappa shape index (κ2) is 8.07. The van der Waals surface area contributed by atoms with Crippen LogP contribution in [-0.4, -0.2) is 25.2 Å². The predicted molar refractivity (Wildman–Crippen MR) is 93.9 cm³/mol. The topological polar surface area (TPSA) is 71.1 Å². The van der Waals surface area contributed by atoms with Crippen molar-refractivity contribution in [1.82, 2.24) is 0 Å². The van der Waals surface area contributed by atoms with E-state index in [-0.39, 0.29) is 23.0 Å². The van der Waals surface area contributed by atoms with E-state index in [1.54, 1.807) is 32.0 Å². The van der Waals surface area contributed by atoms with Gasteiger partial charge in [0, 0.05) is 29.6 Å². The molecule has 2 rings (SSSR count). The number of hydrogen-bond acceptors (Lipinski definition) is 6. The highest BCUT2D eigenvalue weighted by Crippen LogP contribution is 2.52. The van der Waals surface area contributed by atoms with E-state index in [2.05, 4.69) is 0 Å². The van der Waals surface area contributed by atoms with Gasteiger partial charge in [-0.3, -0.25) is 9.59 Å². The molecule has 0 saturated carbocycles. The number of esters is 2. The fraction of sp³-hybridized carbons (Fsp3) is 0.333. The average Bonchev–Trinajstić information content (AvgIpc) is 2.53. The van der Waals surface area contributed by atoms with Crippen molar-refractivity contribution in [3.63, 3.8) is 0 Å². The Balaban J connectivity index is 2.93. The van der Waals surface area contributed by atoms with E-state index in [1.807, 2.05) is 0 Å². The second-order valence-electron chi connectivity index (χ2n) is 5.06. The molecule has 2 aromatic carbocycles. The Morgan fingerprint density at radius 3 is 1.76 bits per heavy atom. The van der Waals surface area contributed by atoms with E-state index >= 15 is 0 Å². The molecule has 0 N–H and O–H groups in total. The SMILES string of the molecule is CCOc1c(OCC)c(OC(C)=O)c2cc(Cl)ccc2c1OC(C)=O. The maximum absolute atomic E-state index is 11.6. The monoisotopic (exact) mass is 366 g/mol. The van der Waals surface area contributed by atoms with Gasteiger partial charge in [0.1, 0.15) is 0 Å².